The van der Waals surface area contributed by atoms with Gasteiger partial charge in [0.15, 0.2) is 0 Å². The number of carbonyl (C=O) groups excluding carboxylic acids is 1. The zero-order valence-electron chi connectivity index (χ0n) is 12.4. The first-order valence-corrected chi connectivity index (χ1v) is 8.55. The van der Waals surface area contributed by atoms with E-state index < -0.39 is 18.0 Å². The highest BCUT2D eigenvalue weighted by Crippen LogP contribution is 2.34. The minimum Gasteiger partial charge on any atom is -0.320 e. The number of halogens is 6. The van der Waals surface area contributed by atoms with Crippen molar-refractivity contribution in [3.8, 4) is 0 Å². The van der Waals surface area contributed by atoms with Crippen LogP contribution in [-0.4, -0.2) is 27.0 Å². The van der Waals surface area contributed by atoms with Crippen LogP contribution in [-0.2, 0) is 19.3 Å². The quantitative estimate of drug-likeness (QED) is 0.653. The molecule has 1 aliphatic rings. The number of rotatable bonds is 1. The Morgan fingerprint density at radius 2 is 2.00 bits per heavy atom. The summed E-state index contributed by atoms with van der Waals surface area (Å²) in [6, 6.07) is 4.13. The summed E-state index contributed by atoms with van der Waals surface area (Å²) in [5, 5.41) is 3.32. The Bertz CT molecular complexity index is 840. The highest BCUT2D eigenvalue weighted by atomic mass is 79.9. The molecule has 2 aromatic rings. The van der Waals surface area contributed by atoms with Crippen molar-refractivity contribution in [1.29, 1.82) is 0 Å². The monoisotopic (exact) mass is 456 g/mol. The van der Waals surface area contributed by atoms with Crippen molar-refractivity contribution in [2.24, 2.45) is 0 Å². The van der Waals surface area contributed by atoms with E-state index in [-0.39, 0.29) is 35.0 Å². The van der Waals surface area contributed by atoms with Crippen LogP contribution in [0.5, 0.6) is 0 Å². The number of anilines is 1. The van der Waals surface area contributed by atoms with Gasteiger partial charge >= 0.3 is 12.2 Å². The Hall–Kier alpha value is -1.45. The van der Waals surface area contributed by atoms with Crippen LogP contribution < -0.4 is 5.32 Å². The smallest absolute Gasteiger partial charge is 0.320 e. The lowest BCUT2D eigenvalue weighted by atomic mass is 10.3. The summed E-state index contributed by atoms with van der Waals surface area (Å²) in [6.07, 6.45) is -4.55. The lowest BCUT2D eigenvalue weighted by Crippen LogP contribution is -2.41. The van der Waals surface area contributed by atoms with E-state index in [0.29, 0.717) is 10.7 Å². The van der Waals surface area contributed by atoms with E-state index in [2.05, 4.69) is 26.2 Å². The first kappa shape index (κ1) is 18.3. The van der Waals surface area contributed by atoms with E-state index in [0.717, 1.165) is 4.57 Å². The third-order valence-corrected chi connectivity index (χ3v) is 4.85. The van der Waals surface area contributed by atoms with E-state index in [1.54, 1.807) is 12.1 Å². The minimum atomic E-state index is -4.55. The van der Waals surface area contributed by atoms with Crippen molar-refractivity contribution < 1.29 is 18.0 Å². The van der Waals surface area contributed by atoms with Crippen molar-refractivity contribution in [3.05, 3.63) is 44.4 Å². The van der Waals surface area contributed by atoms with Gasteiger partial charge in [-0.25, -0.2) is 9.78 Å². The van der Waals surface area contributed by atoms with Gasteiger partial charge in [0, 0.05) is 18.1 Å². The fourth-order valence-corrected chi connectivity index (χ4v) is 3.47. The minimum absolute atomic E-state index is 0.00938. The third-order valence-electron chi connectivity index (χ3n) is 3.67. The van der Waals surface area contributed by atoms with Gasteiger partial charge in [-0.3, -0.25) is 0 Å². The molecule has 0 fully saturated rings. The number of imidazole rings is 1. The van der Waals surface area contributed by atoms with Crippen LogP contribution in [0.2, 0.25) is 10.0 Å². The second-order valence-corrected chi connectivity index (χ2v) is 6.89. The van der Waals surface area contributed by atoms with Crippen molar-refractivity contribution in [3.63, 3.8) is 0 Å². The number of benzene rings is 1. The Morgan fingerprint density at radius 3 is 2.64 bits per heavy atom. The molecule has 134 valence electrons. The Morgan fingerprint density at radius 1 is 1.28 bits per heavy atom. The fraction of sp³-hybridized carbons (Fsp3) is 0.286. The first-order chi connectivity index (χ1) is 11.7. The van der Waals surface area contributed by atoms with Crippen LogP contribution in [0.15, 0.2) is 22.8 Å². The average Bonchev–Trinajstić information content (AvgIpc) is 2.87. The summed E-state index contributed by atoms with van der Waals surface area (Å²) in [4.78, 5) is 17.3. The second kappa shape index (κ2) is 6.69. The van der Waals surface area contributed by atoms with Gasteiger partial charge in [0.25, 0.3) is 0 Å². The molecule has 3 rings (SSSR count). The molecule has 2 heterocycles. The van der Waals surface area contributed by atoms with Gasteiger partial charge in [0.05, 0.1) is 22.9 Å². The van der Waals surface area contributed by atoms with Gasteiger partial charge < -0.3 is 14.8 Å². The number of fused-ring (bicyclic) bond motifs is 1. The molecule has 0 radical (unpaired) electrons. The molecule has 25 heavy (non-hydrogen) atoms. The number of hydrogen-bond donors (Lipinski definition) is 1. The SMILES string of the molecule is O=C(Nc1ccc(Cl)cc1Cl)N1CCn2c(C(F)(F)F)nc(Br)c2C1. The molecule has 11 heteroatoms. The summed E-state index contributed by atoms with van der Waals surface area (Å²) in [7, 11) is 0. The maximum atomic E-state index is 13.0. The maximum Gasteiger partial charge on any atom is 0.449 e. The largest absolute Gasteiger partial charge is 0.449 e. The molecule has 5 nitrogen and oxygen atoms in total. The van der Waals surface area contributed by atoms with Gasteiger partial charge in [-0.1, -0.05) is 23.2 Å². The number of aromatic nitrogens is 2. The molecule has 0 bridgehead atoms. The van der Waals surface area contributed by atoms with E-state index in [1.165, 1.54) is 11.0 Å². The zero-order chi connectivity index (χ0) is 18.4. The first-order valence-electron chi connectivity index (χ1n) is 7.00. The van der Waals surface area contributed by atoms with E-state index in [9.17, 15) is 18.0 Å². The fourth-order valence-electron chi connectivity index (χ4n) is 2.50. The van der Waals surface area contributed by atoms with Crippen LogP contribution in [0.25, 0.3) is 0 Å². The van der Waals surface area contributed by atoms with Crippen LogP contribution in [0, 0.1) is 0 Å². The summed E-state index contributed by atoms with van der Waals surface area (Å²) in [5.41, 5.74) is 0.654. The number of hydrogen-bond acceptors (Lipinski definition) is 2. The molecule has 1 aliphatic heterocycles. The second-order valence-electron chi connectivity index (χ2n) is 5.30. The molecule has 0 aliphatic carbocycles. The van der Waals surface area contributed by atoms with E-state index >= 15 is 0 Å². The van der Waals surface area contributed by atoms with E-state index in [4.69, 9.17) is 23.2 Å². The highest BCUT2D eigenvalue weighted by Gasteiger charge is 2.40. The highest BCUT2D eigenvalue weighted by molar-refractivity contribution is 9.10. The van der Waals surface area contributed by atoms with Crippen LogP contribution in [0.4, 0.5) is 23.7 Å². The van der Waals surface area contributed by atoms with Crippen molar-refractivity contribution >= 4 is 50.9 Å². The summed E-state index contributed by atoms with van der Waals surface area (Å²) >= 11 is 14.8. The van der Waals surface area contributed by atoms with Gasteiger partial charge in [-0.2, -0.15) is 13.2 Å². The lowest BCUT2D eigenvalue weighted by Gasteiger charge is -2.29. The number of alkyl halides is 3. The van der Waals surface area contributed by atoms with Crippen molar-refractivity contribution in [1.82, 2.24) is 14.5 Å². The molecule has 2 amide bonds. The number of nitrogens with one attached hydrogen (secondary N) is 1. The normalized spacial score (nSPS) is 14.4. The maximum absolute atomic E-state index is 13.0. The third kappa shape index (κ3) is 3.73. The van der Waals surface area contributed by atoms with Crippen molar-refractivity contribution in [2.75, 3.05) is 11.9 Å². The number of nitrogens with zero attached hydrogens (tertiary/aromatic N) is 3. The molecule has 0 atom stereocenters. The molecular formula is C14H10BrCl2F3N4O. The summed E-state index contributed by atoms with van der Waals surface area (Å²) < 4.78 is 40.1. The number of amides is 2. The van der Waals surface area contributed by atoms with Crippen molar-refractivity contribution in [2.45, 2.75) is 19.3 Å². The Labute approximate surface area is 158 Å². The van der Waals surface area contributed by atoms with Gasteiger partial charge in [0.2, 0.25) is 5.82 Å². The summed E-state index contributed by atoms with van der Waals surface area (Å²) in [5.74, 6) is -0.977. The molecule has 1 N–H and O–H groups in total. The molecule has 1 aromatic carbocycles. The van der Waals surface area contributed by atoms with E-state index in [1.807, 2.05) is 0 Å². The molecule has 0 saturated heterocycles. The molecule has 0 saturated carbocycles. The molecule has 1 aromatic heterocycles. The molecular weight excluding hydrogens is 448 g/mol. The van der Waals surface area contributed by atoms with Gasteiger partial charge in [-0.15, -0.1) is 0 Å². The zero-order valence-corrected chi connectivity index (χ0v) is 15.5. The Balaban J connectivity index is 1.79. The average molecular weight is 458 g/mol. The Kier molecular flexibility index (Phi) is 4.91. The standard InChI is InChI=1S/C14H10BrCl2F3N4O/c15-11-10-6-23(3-4-24(10)12(22-11)14(18,19)20)13(25)21-9-2-1-7(16)5-8(9)17/h1-2,5H,3-4,6H2,(H,21,25). The molecule has 0 spiro atoms. The number of carbonyl (C=O) groups is 1. The van der Waals surface area contributed by atoms with Crippen LogP contribution >= 0.6 is 39.1 Å². The lowest BCUT2D eigenvalue weighted by molar-refractivity contribution is -0.147. The molecule has 0 unspecified atom stereocenters. The van der Waals surface area contributed by atoms with Gasteiger partial charge in [-0.05, 0) is 34.1 Å². The summed E-state index contributed by atoms with van der Waals surface area (Å²) in [6.45, 7) is 0.0845. The number of urea groups is 1. The van der Waals surface area contributed by atoms with Crippen LogP contribution in [0.1, 0.15) is 11.5 Å². The topological polar surface area (TPSA) is 50.2 Å². The predicted octanol–water partition coefficient (Wildman–Crippen LogP) is 5.02. The van der Waals surface area contributed by atoms with Gasteiger partial charge in [0.1, 0.15) is 4.60 Å². The predicted molar refractivity (Wildman–Crippen MR) is 90.8 cm³/mol. The van der Waals surface area contributed by atoms with Crippen LogP contribution in [0.3, 0.4) is 0 Å².